The Morgan fingerprint density at radius 1 is 0.968 bits per heavy atom. The molecule has 1 aromatic heterocycles. The van der Waals surface area contributed by atoms with Gasteiger partial charge in [0.05, 0.1) is 0 Å². The Labute approximate surface area is 179 Å². The van der Waals surface area contributed by atoms with Gasteiger partial charge in [-0.25, -0.2) is 4.98 Å². The Morgan fingerprint density at radius 3 is 2.35 bits per heavy atom. The molecule has 2 N–H and O–H groups in total. The summed E-state index contributed by atoms with van der Waals surface area (Å²) in [5, 5.41) is 5.96. The molecule has 2 aromatic carbocycles. The van der Waals surface area contributed by atoms with Crippen LogP contribution in [0.25, 0.3) is 0 Å². The zero-order chi connectivity index (χ0) is 21.8. The van der Waals surface area contributed by atoms with E-state index in [-0.39, 0.29) is 11.8 Å². The summed E-state index contributed by atoms with van der Waals surface area (Å²) < 4.78 is 41.0. The highest BCUT2D eigenvalue weighted by atomic mass is 19.4. The van der Waals surface area contributed by atoms with E-state index in [1.165, 1.54) is 5.56 Å². The van der Waals surface area contributed by atoms with Crippen LogP contribution in [-0.4, -0.2) is 9.97 Å². The van der Waals surface area contributed by atoms with Crippen molar-refractivity contribution in [2.75, 3.05) is 10.6 Å². The number of nitrogens with one attached hydrogen (secondary N) is 2. The molecule has 0 aliphatic heterocycles. The lowest BCUT2D eigenvalue weighted by molar-refractivity contribution is -0.137. The van der Waals surface area contributed by atoms with Crippen LogP contribution in [0.15, 0.2) is 54.7 Å². The average Bonchev–Trinajstić information content (AvgIpc) is 3.29. The van der Waals surface area contributed by atoms with Crippen LogP contribution in [0.5, 0.6) is 0 Å². The van der Waals surface area contributed by atoms with E-state index < -0.39 is 11.7 Å². The van der Waals surface area contributed by atoms with Gasteiger partial charge in [-0.2, -0.15) is 18.2 Å². The van der Waals surface area contributed by atoms with Crippen molar-refractivity contribution >= 4 is 23.1 Å². The topological polar surface area (TPSA) is 49.8 Å². The predicted molar refractivity (Wildman–Crippen MR) is 117 cm³/mol. The normalized spacial score (nSPS) is 14.6. The molecule has 4 nitrogen and oxygen atoms in total. The van der Waals surface area contributed by atoms with E-state index in [2.05, 4.69) is 27.5 Å². The molecule has 1 aliphatic carbocycles. The van der Waals surface area contributed by atoms with E-state index in [0.717, 1.165) is 43.9 Å². The number of alkyl halides is 3. The quantitative estimate of drug-likeness (QED) is 0.437. The van der Waals surface area contributed by atoms with E-state index in [1.54, 1.807) is 0 Å². The second-order valence-corrected chi connectivity index (χ2v) is 7.82. The van der Waals surface area contributed by atoms with Crippen LogP contribution < -0.4 is 10.6 Å². The first-order valence-electron chi connectivity index (χ1n) is 10.6. The Hall–Kier alpha value is -3.09. The average molecular weight is 426 g/mol. The first-order chi connectivity index (χ1) is 14.9. The first-order valence-corrected chi connectivity index (χ1v) is 10.6. The van der Waals surface area contributed by atoms with Crippen LogP contribution in [0.2, 0.25) is 0 Å². The molecule has 0 saturated heterocycles. The van der Waals surface area contributed by atoms with Gasteiger partial charge >= 0.3 is 6.18 Å². The molecule has 1 fully saturated rings. The van der Waals surface area contributed by atoms with Gasteiger partial charge in [-0.1, -0.05) is 50.1 Å². The molecule has 0 atom stereocenters. The molecule has 1 heterocycles. The van der Waals surface area contributed by atoms with Gasteiger partial charge in [-0.3, -0.25) is 0 Å². The second-order valence-electron chi connectivity index (χ2n) is 7.82. The van der Waals surface area contributed by atoms with Crippen molar-refractivity contribution in [2.45, 2.75) is 51.1 Å². The van der Waals surface area contributed by atoms with E-state index in [9.17, 15) is 13.2 Å². The van der Waals surface area contributed by atoms with E-state index in [4.69, 9.17) is 0 Å². The smallest absolute Gasteiger partial charge is 0.339 e. The number of para-hydroxylation sites is 1. The summed E-state index contributed by atoms with van der Waals surface area (Å²) in [5.74, 6) is 0.216. The van der Waals surface area contributed by atoms with Crippen LogP contribution >= 0.6 is 0 Å². The van der Waals surface area contributed by atoms with E-state index in [1.807, 2.05) is 48.5 Å². The summed E-state index contributed by atoms with van der Waals surface area (Å²) in [5.41, 5.74) is 2.70. The highest BCUT2D eigenvalue weighted by Gasteiger charge is 2.35. The molecule has 0 spiro atoms. The number of hydrogen-bond acceptors (Lipinski definition) is 4. The molecule has 162 valence electrons. The van der Waals surface area contributed by atoms with Gasteiger partial charge < -0.3 is 10.6 Å². The minimum atomic E-state index is -4.56. The van der Waals surface area contributed by atoms with Gasteiger partial charge in [0.1, 0.15) is 11.4 Å². The summed E-state index contributed by atoms with van der Waals surface area (Å²) in [6, 6.07) is 15.2. The van der Waals surface area contributed by atoms with Crippen molar-refractivity contribution in [3.63, 3.8) is 0 Å². The van der Waals surface area contributed by atoms with Crippen molar-refractivity contribution < 1.29 is 13.2 Å². The van der Waals surface area contributed by atoms with Crippen LogP contribution in [0.3, 0.4) is 0 Å². The third kappa shape index (κ3) is 4.98. The van der Waals surface area contributed by atoms with Crippen LogP contribution in [0.4, 0.5) is 36.3 Å². The highest BCUT2D eigenvalue weighted by Crippen LogP contribution is 2.40. The van der Waals surface area contributed by atoms with Gasteiger partial charge in [0.15, 0.2) is 0 Å². The number of halogens is 3. The zero-order valence-electron chi connectivity index (χ0n) is 17.3. The van der Waals surface area contributed by atoms with Crippen molar-refractivity contribution in [1.29, 1.82) is 0 Å². The number of benzene rings is 2. The predicted octanol–water partition coefficient (Wildman–Crippen LogP) is 7.20. The lowest BCUT2D eigenvalue weighted by atomic mass is 9.96. The molecule has 7 heteroatoms. The molecule has 0 bridgehead atoms. The third-order valence-electron chi connectivity index (χ3n) is 5.72. The molecular weight excluding hydrogens is 401 g/mol. The third-order valence-corrected chi connectivity index (χ3v) is 5.72. The molecule has 3 aromatic rings. The fourth-order valence-corrected chi connectivity index (χ4v) is 4.03. The highest BCUT2D eigenvalue weighted by molar-refractivity contribution is 5.66. The largest absolute Gasteiger partial charge is 0.421 e. The minimum absolute atomic E-state index is 0.109. The summed E-state index contributed by atoms with van der Waals surface area (Å²) in [7, 11) is 0. The molecule has 0 unspecified atom stereocenters. The van der Waals surface area contributed by atoms with E-state index in [0.29, 0.717) is 17.3 Å². The number of anilines is 4. The summed E-state index contributed by atoms with van der Waals surface area (Å²) in [6.45, 7) is 2.06. The maximum atomic E-state index is 13.7. The van der Waals surface area contributed by atoms with Gasteiger partial charge in [0.25, 0.3) is 0 Å². The van der Waals surface area contributed by atoms with Crippen molar-refractivity contribution in [1.82, 2.24) is 9.97 Å². The van der Waals surface area contributed by atoms with Crippen LogP contribution in [0, 0.1) is 0 Å². The summed E-state index contributed by atoms with van der Waals surface area (Å²) in [6.07, 6.45) is 1.56. The fourth-order valence-electron chi connectivity index (χ4n) is 4.03. The molecular formula is C24H25F3N4. The number of nitrogens with zero attached hydrogens (tertiary/aromatic N) is 2. The first kappa shape index (κ1) is 21.2. The van der Waals surface area contributed by atoms with Crippen molar-refractivity contribution in [3.8, 4) is 0 Å². The molecule has 0 amide bonds. The lowest BCUT2D eigenvalue weighted by Crippen LogP contribution is -2.13. The van der Waals surface area contributed by atoms with Gasteiger partial charge in [-0.15, -0.1) is 0 Å². The molecule has 1 aliphatic rings. The lowest BCUT2D eigenvalue weighted by Gasteiger charge is -2.19. The standard InChI is InChI=1S/C24H25F3N4/c1-2-16-11-13-18(14-12-16)29-23-28-15-20(24(25,26)27)22(31-23)30-21-10-6-5-9-19(21)17-7-3-4-8-17/h5-6,9-15,17H,2-4,7-8H2,1H3,(H2,28,29,30,31). The Bertz CT molecular complexity index is 1030. The Morgan fingerprint density at radius 2 is 1.68 bits per heavy atom. The van der Waals surface area contributed by atoms with Crippen molar-refractivity contribution in [3.05, 3.63) is 71.4 Å². The minimum Gasteiger partial charge on any atom is -0.339 e. The molecule has 4 rings (SSSR count). The van der Waals surface area contributed by atoms with Crippen molar-refractivity contribution in [2.24, 2.45) is 0 Å². The second kappa shape index (κ2) is 8.96. The van der Waals surface area contributed by atoms with Gasteiger partial charge in [-0.05, 0) is 54.5 Å². The van der Waals surface area contributed by atoms with E-state index >= 15 is 0 Å². The summed E-state index contributed by atoms with van der Waals surface area (Å²) >= 11 is 0. The monoisotopic (exact) mass is 426 g/mol. The number of aromatic nitrogens is 2. The van der Waals surface area contributed by atoms with Crippen LogP contribution in [0.1, 0.15) is 55.2 Å². The number of aryl methyl sites for hydroxylation is 1. The molecule has 31 heavy (non-hydrogen) atoms. The van der Waals surface area contributed by atoms with Gasteiger partial charge in [0.2, 0.25) is 5.95 Å². The maximum absolute atomic E-state index is 13.7. The number of hydrogen-bond donors (Lipinski definition) is 2. The number of rotatable bonds is 6. The molecule has 0 radical (unpaired) electrons. The fraction of sp³-hybridized carbons (Fsp3) is 0.333. The van der Waals surface area contributed by atoms with Crippen LogP contribution in [-0.2, 0) is 12.6 Å². The SMILES string of the molecule is CCc1ccc(Nc2ncc(C(F)(F)F)c(Nc3ccccc3C3CCCC3)n2)cc1. The Kier molecular flexibility index (Phi) is 6.11. The Balaban J connectivity index is 1.66. The summed E-state index contributed by atoms with van der Waals surface area (Å²) in [4.78, 5) is 8.09. The molecule has 1 saturated carbocycles. The van der Waals surface area contributed by atoms with Gasteiger partial charge in [0, 0.05) is 17.6 Å². The maximum Gasteiger partial charge on any atom is 0.421 e. The zero-order valence-corrected chi connectivity index (χ0v) is 17.3.